The van der Waals surface area contributed by atoms with Crippen LogP contribution in [0.3, 0.4) is 0 Å². The molecule has 0 aliphatic rings. The van der Waals surface area contributed by atoms with Gasteiger partial charge in [-0.2, -0.15) is 0 Å². The van der Waals surface area contributed by atoms with Crippen LogP contribution in [0.4, 0.5) is 5.69 Å². The molecule has 25 heavy (non-hydrogen) atoms. The number of hydrogen-bond donors (Lipinski definition) is 1. The molecule has 0 bridgehead atoms. The molecule has 4 aromatic rings. The van der Waals surface area contributed by atoms with Crippen LogP contribution in [0, 0.1) is 0 Å². The maximum Gasteiger partial charge on any atom is 0.226 e. The van der Waals surface area contributed by atoms with E-state index in [0.717, 1.165) is 22.3 Å². The number of amides is 1. The number of anilines is 1. The predicted octanol–water partition coefficient (Wildman–Crippen LogP) is 3.72. The number of carbonyl (C=O) groups excluding carboxylic acids is 1. The highest BCUT2D eigenvalue weighted by atomic mass is 16.3. The molecule has 2 aromatic heterocycles. The first-order chi connectivity index (χ1) is 12.3. The number of para-hydroxylation sites is 2. The van der Waals surface area contributed by atoms with Crippen molar-refractivity contribution in [3.63, 3.8) is 0 Å². The van der Waals surface area contributed by atoms with Gasteiger partial charge in [-0.3, -0.25) is 4.79 Å². The van der Waals surface area contributed by atoms with Gasteiger partial charge in [0.15, 0.2) is 12.2 Å². The molecule has 6 heteroatoms. The number of carbonyl (C=O) groups is 1. The molecule has 0 saturated heterocycles. The number of aryl methyl sites for hydroxylation is 1. The fourth-order valence-corrected chi connectivity index (χ4v) is 2.71. The summed E-state index contributed by atoms with van der Waals surface area (Å²) in [6.07, 6.45) is 5.20. The van der Waals surface area contributed by atoms with Gasteiger partial charge in [-0.15, -0.1) is 0 Å². The van der Waals surface area contributed by atoms with Crippen LogP contribution < -0.4 is 5.32 Å². The van der Waals surface area contributed by atoms with Crippen LogP contribution in [0.1, 0.15) is 6.42 Å². The summed E-state index contributed by atoms with van der Waals surface area (Å²) in [5, 5.41) is 2.91. The average molecular weight is 332 g/mol. The molecule has 124 valence electrons. The number of aromatic nitrogens is 3. The van der Waals surface area contributed by atoms with Crippen LogP contribution in [-0.2, 0) is 11.3 Å². The van der Waals surface area contributed by atoms with Crippen LogP contribution >= 0.6 is 0 Å². The van der Waals surface area contributed by atoms with Gasteiger partial charge in [0.05, 0.1) is 23.6 Å². The quantitative estimate of drug-likeness (QED) is 0.604. The van der Waals surface area contributed by atoms with Crippen LogP contribution in [0.2, 0.25) is 0 Å². The lowest BCUT2D eigenvalue weighted by atomic mass is 10.1. The summed E-state index contributed by atoms with van der Waals surface area (Å²) in [6, 6.07) is 15.4. The van der Waals surface area contributed by atoms with Gasteiger partial charge in [0.25, 0.3) is 0 Å². The van der Waals surface area contributed by atoms with E-state index in [9.17, 15) is 4.79 Å². The highest BCUT2D eigenvalue weighted by molar-refractivity contribution is 5.91. The van der Waals surface area contributed by atoms with E-state index in [2.05, 4.69) is 15.3 Å². The largest absolute Gasteiger partial charge is 0.444 e. The Hall–Kier alpha value is -3.41. The minimum atomic E-state index is -0.0369. The van der Waals surface area contributed by atoms with Crippen molar-refractivity contribution >= 4 is 22.6 Å². The normalized spacial score (nSPS) is 10.9. The number of imidazole rings is 1. The Balaban J connectivity index is 1.37. The summed E-state index contributed by atoms with van der Waals surface area (Å²) in [5.41, 5.74) is 3.64. The highest BCUT2D eigenvalue weighted by Gasteiger charge is 2.07. The molecule has 1 N–H and O–H groups in total. The van der Waals surface area contributed by atoms with Crippen LogP contribution in [0.25, 0.3) is 22.4 Å². The van der Waals surface area contributed by atoms with E-state index in [-0.39, 0.29) is 5.91 Å². The Labute approximate surface area is 144 Å². The molecule has 0 aliphatic carbocycles. The van der Waals surface area contributed by atoms with Crippen molar-refractivity contribution < 1.29 is 9.21 Å². The molecular weight excluding hydrogens is 316 g/mol. The molecule has 0 aliphatic heterocycles. The lowest BCUT2D eigenvalue weighted by Crippen LogP contribution is -2.14. The Kier molecular flexibility index (Phi) is 4.00. The van der Waals surface area contributed by atoms with Crippen molar-refractivity contribution in [2.24, 2.45) is 0 Å². The molecule has 2 aromatic carbocycles. The third-order valence-electron chi connectivity index (χ3n) is 3.99. The van der Waals surface area contributed by atoms with Crippen molar-refractivity contribution in [3.05, 3.63) is 67.4 Å². The van der Waals surface area contributed by atoms with Gasteiger partial charge >= 0.3 is 0 Å². The minimum absolute atomic E-state index is 0.0369. The summed E-state index contributed by atoms with van der Waals surface area (Å²) >= 11 is 0. The molecule has 6 nitrogen and oxygen atoms in total. The molecule has 0 radical (unpaired) electrons. The Morgan fingerprint density at radius 3 is 2.76 bits per heavy atom. The zero-order chi connectivity index (χ0) is 17.1. The summed E-state index contributed by atoms with van der Waals surface area (Å²) in [4.78, 5) is 20.4. The van der Waals surface area contributed by atoms with Crippen molar-refractivity contribution in [2.75, 3.05) is 5.32 Å². The molecular formula is C19H16N4O2. The van der Waals surface area contributed by atoms with Gasteiger partial charge in [0.1, 0.15) is 0 Å². The molecule has 2 heterocycles. The molecule has 0 saturated carbocycles. The maximum absolute atomic E-state index is 12.2. The molecule has 0 atom stereocenters. The van der Waals surface area contributed by atoms with Gasteiger partial charge in [-0.05, 0) is 36.4 Å². The minimum Gasteiger partial charge on any atom is -0.444 e. The number of benzene rings is 2. The first-order valence-electron chi connectivity index (χ1n) is 7.98. The van der Waals surface area contributed by atoms with E-state index >= 15 is 0 Å². The molecule has 0 spiro atoms. The molecule has 0 fully saturated rings. The summed E-state index contributed by atoms with van der Waals surface area (Å²) < 4.78 is 7.24. The zero-order valence-corrected chi connectivity index (χ0v) is 13.4. The average Bonchev–Trinajstić information content (AvgIpc) is 3.31. The molecule has 4 rings (SSSR count). The molecule has 1 amide bonds. The van der Waals surface area contributed by atoms with Crippen molar-refractivity contribution in [3.8, 4) is 11.3 Å². The van der Waals surface area contributed by atoms with Crippen molar-refractivity contribution in [1.82, 2.24) is 14.5 Å². The van der Waals surface area contributed by atoms with Gasteiger partial charge in [-0.25, -0.2) is 9.97 Å². The smallest absolute Gasteiger partial charge is 0.226 e. The van der Waals surface area contributed by atoms with E-state index < -0.39 is 0 Å². The van der Waals surface area contributed by atoms with Crippen molar-refractivity contribution in [2.45, 2.75) is 13.0 Å². The zero-order valence-electron chi connectivity index (χ0n) is 13.4. The number of nitrogens with one attached hydrogen (secondary N) is 1. The van der Waals surface area contributed by atoms with Crippen LogP contribution in [0.5, 0.6) is 0 Å². The number of oxazole rings is 1. The topological polar surface area (TPSA) is 73.0 Å². The third-order valence-corrected chi connectivity index (χ3v) is 3.99. The standard InChI is InChI=1S/C19H16N4O2/c24-19(9-10-23-12-21-16-3-1-2-4-17(16)23)22-15-7-5-14(6-8-15)18-11-20-13-25-18/h1-8,11-13H,9-10H2,(H,22,24). The summed E-state index contributed by atoms with van der Waals surface area (Å²) in [7, 11) is 0. The number of hydrogen-bond acceptors (Lipinski definition) is 4. The van der Waals surface area contributed by atoms with Crippen LogP contribution in [0.15, 0.2) is 71.9 Å². The highest BCUT2D eigenvalue weighted by Crippen LogP contribution is 2.21. The van der Waals surface area contributed by atoms with Gasteiger partial charge in [0.2, 0.25) is 5.91 Å². The Morgan fingerprint density at radius 1 is 1.12 bits per heavy atom. The Bertz CT molecular complexity index is 988. The van der Waals surface area contributed by atoms with E-state index in [4.69, 9.17) is 4.42 Å². The van der Waals surface area contributed by atoms with Gasteiger partial charge in [0, 0.05) is 24.2 Å². The van der Waals surface area contributed by atoms with E-state index in [0.29, 0.717) is 18.7 Å². The first kappa shape index (κ1) is 15.1. The second-order valence-electron chi connectivity index (χ2n) is 5.67. The van der Waals surface area contributed by atoms with Gasteiger partial charge < -0.3 is 14.3 Å². The first-order valence-corrected chi connectivity index (χ1v) is 7.98. The SMILES string of the molecule is O=C(CCn1cnc2ccccc21)Nc1ccc(-c2cnco2)cc1. The van der Waals surface area contributed by atoms with Gasteiger partial charge in [-0.1, -0.05) is 12.1 Å². The second-order valence-corrected chi connectivity index (χ2v) is 5.67. The number of fused-ring (bicyclic) bond motifs is 1. The number of nitrogens with zero attached hydrogens (tertiary/aromatic N) is 3. The molecule has 0 unspecified atom stereocenters. The van der Waals surface area contributed by atoms with E-state index in [1.807, 2.05) is 53.1 Å². The summed E-state index contributed by atoms with van der Waals surface area (Å²) in [6.45, 7) is 0.586. The summed E-state index contributed by atoms with van der Waals surface area (Å²) in [5.74, 6) is 0.662. The fraction of sp³-hybridized carbons (Fsp3) is 0.105. The third kappa shape index (κ3) is 3.28. The van der Waals surface area contributed by atoms with Crippen molar-refractivity contribution in [1.29, 1.82) is 0 Å². The maximum atomic E-state index is 12.2. The lowest BCUT2D eigenvalue weighted by Gasteiger charge is -2.07. The van der Waals surface area contributed by atoms with Crippen LogP contribution in [-0.4, -0.2) is 20.4 Å². The van der Waals surface area contributed by atoms with E-state index in [1.165, 1.54) is 6.39 Å². The number of rotatable bonds is 5. The fourth-order valence-electron chi connectivity index (χ4n) is 2.71. The predicted molar refractivity (Wildman–Crippen MR) is 94.9 cm³/mol. The monoisotopic (exact) mass is 332 g/mol. The second kappa shape index (κ2) is 6.60. The lowest BCUT2D eigenvalue weighted by molar-refractivity contribution is -0.116. The Morgan fingerprint density at radius 2 is 1.96 bits per heavy atom. The van der Waals surface area contributed by atoms with E-state index in [1.54, 1.807) is 12.5 Å².